The van der Waals surface area contributed by atoms with Gasteiger partial charge in [-0.15, -0.1) is 0 Å². The molecule has 13 aromatic rings. The first kappa shape index (κ1) is 36.8. The Morgan fingerprint density at radius 3 is 1.32 bits per heavy atom. The third-order valence-electron chi connectivity index (χ3n) is 13.8. The van der Waals surface area contributed by atoms with E-state index in [1.54, 1.807) is 0 Å². The molecule has 1 aliphatic rings. The molecule has 0 spiro atoms. The van der Waals surface area contributed by atoms with Gasteiger partial charge in [0, 0.05) is 54.4 Å². The van der Waals surface area contributed by atoms with E-state index >= 15 is 0 Å². The predicted molar refractivity (Wildman–Crippen MR) is 266 cm³/mol. The van der Waals surface area contributed by atoms with Crippen LogP contribution in [0.15, 0.2) is 201 Å². The quantitative estimate of drug-likeness (QED) is 0.172. The lowest BCUT2D eigenvalue weighted by molar-refractivity contribution is 0.660. The Kier molecular flexibility index (Phi) is 7.64. The highest BCUT2D eigenvalue weighted by Gasteiger charge is 2.36. The van der Waals surface area contributed by atoms with Crippen LogP contribution in [0.3, 0.4) is 0 Å². The number of hydrogen-bond donors (Lipinski definition) is 0. The molecule has 6 nitrogen and oxygen atoms in total. The van der Waals surface area contributed by atoms with Crippen LogP contribution in [0.5, 0.6) is 0 Å². The van der Waals surface area contributed by atoms with Gasteiger partial charge in [0.1, 0.15) is 33.5 Å². The number of benzene rings is 9. The molecule has 0 bridgehead atoms. The van der Waals surface area contributed by atoms with E-state index in [1.807, 2.05) is 72.8 Å². The van der Waals surface area contributed by atoms with Crippen LogP contribution in [-0.2, 0) is 5.41 Å². The van der Waals surface area contributed by atoms with Crippen molar-refractivity contribution < 1.29 is 13.3 Å². The molecular formula is C60H37N3O3. The summed E-state index contributed by atoms with van der Waals surface area (Å²) < 4.78 is 19.3. The molecule has 0 unspecified atom stereocenters. The van der Waals surface area contributed by atoms with Crippen LogP contribution in [0.25, 0.3) is 133 Å². The van der Waals surface area contributed by atoms with E-state index in [-0.39, 0.29) is 5.41 Å². The Hall–Kier alpha value is -8.61. The second kappa shape index (κ2) is 13.7. The topological polar surface area (TPSA) is 78.1 Å². The van der Waals surface area contributed by atoms with Crippen molar-refractivity contribution in [3.63, 3.8) is 0 Å². The van der Waals surface area contributed by atoms with E-state index in [1.165, 1.54) is 33.4 Å². The highest BCUT2D eigenvalue weighted by Crippen LogP contribution is 2.52. The Labute approximate surface area is 378 Å². The molecule has 0 amide bonds. The molecule has 0 radical (unpaired) electrons. The Morgan fingerprint density at radius 1 is 0.318 bits per heavy atom. The van der Waals surface area contributed by atoms with Crippen molar-refractivity contribution in [2.75, 3.05) is 0 Å². The minimum absolute atomic E-state index is 0.0561. The molecule has 1 aliphatic carbocycles. The number of furan rings is 3. The molecule has 0 N–H and O–H groups in total. The summed E-state index contributed by atoms with van der Waals surface area (Å²) in [5, 5.41) is 5.83. The largest absolute Gasteiger partial charge is 0.456 e. The van der Waals surface area contributed by atoms with Crippen LogP contribution in [0.1, 0.15) is 25.0 Å². The van der Waals surface area contributed by atoms with Crippen LogP contribution >= 0.6 is 0 Å². The summed E-state index contributed by atoms with van der Waals surface area (Å²) in [4.78, 5) is 16.0. The summed E-state index contributed by atoms with van der Waals surface area (Å²) in [5.41, 5.74) is 17.3. The van der Waals surface area contributed by atoms with Gasteiger partial charge < -0.3 is 13.3 Å². The highest BCUT2D eigenvalue weighted by molar-refractivity contribution is 6.15. The SMILES string of the molecule is CC1(C)c2ccccc2-c2c(-c3ccc(-c4ccc5oc6cccc(-c7nc(-c8cccc9oc%10ccccc%10c89)nc(-c8cccc9oc%10ccccc%10c89)n7)c6c5c4)cc3)cccc21. The molecule has 6 heteroatoms. The molecule has 0 atom stereocenters. The second-order valence-corrected chi connectivity index (χ2v) is 17.8. The Morgan fingerprint density at radius 2 is 0.727 bits per heavy atom. The first-order valence-corrected chi connectivity index (χ1v) is 22.3. The lowest BCUT2D eigenvalue weighted by Gasteiger charge is -2.21. The van der Waals surface area contributed by atoms with Gasteiger partial charge in [0.25, 0.3) is 0 Å². The van der Waals surface area contributed by atoms with Crippen LogP contribution in [0.2, 0.25) is 0 Å². The summed E-state index contributed by atoms with van der Waals surface area (Å²) in [6.45, 7) is 4.66. The molecule has 4 aromatic heterocycles. The highest BCUT2D eigenvalue weighted by atomic mass is 16.3. The van der Waals surface area contributed by atoms with Crippen molar-refractivity contribution in [1.82, 2.24) is 15.0 Å². The average molecular weight is 848 g/mol. The van der Waals surface area contributed by atoms with E-state index in [9.17, 15) is 0 Å². The van der Waals surface area contributed by atoms with E-state index in [0.717, 1.165) is 93.6 Å². The fraction of sp³-hybridized carbons (Fsp3) is 0.0500. The Balaban J connectivity index is 0.944. The van der Waals surface area contributed by atoms with Crippen molar-refractivity contribution >= 4 is 65.8 Å². The molecule has 0 saturated heterocycles. The average Bonchev–Trinajstić information content (AvgIpc) is 4.12. The van der Waals surface area contributed by atoms with Crippen molar-refractivity contribution in [2.45, 2.75) is 19.3 Å². The van der Waals surface area contributed by atoms with Crippen LogP contribution in [0.4, 0.5) is 0 Å². The minimum Gasteiger partial charge on any atom is -0.456 e. The third kappa shape index (κ3) is 5.33. The van der Waals surface area contributed by atoms with E-state index in [4.69, 9.17) is 28.2 Å². The van der Waals surface area contributed by atoms with Gasteiger partial charge in [-0.25, -0.2) is 15.0 Å². The summed E-state index contributed by atoms with van der Waals surface area (Å²) >= 11 is 0. The van der Waals surface area contributed by atoms with Crippen LogP contribution in [0, 0.1) is 0 Å². The number of para-hydroxylation sites is 2. The molecule has 9 aromatic carbocycles. The first-order chi connectivity index (χ1) is 32.5. The number of rotatable bonds is 5. The minimum atomic E-state index is -0.0561. The molecule has 66 heavy (non-hydrogen) atoms. The monoisotopic (exact) mass is 847 g/mol. The molecule has 0 aliphatic heterocycles. The molecule has 0 fully saturated rings. The maximum Gasteiger partial charge on any atom is 0.164 e. The summed E-state index contributed by atoms with van der Waals surface area (Å²) in [5.74, 6) is 1.62. The fourth-order valence-corrected chi connectivity index (χ4v) is 10.7. The lowest BCUT2D eigenvalue weighted by atomic mass is 9.82. The molecule has 310 valence electrons. The number of hydrogen-bond acceptors (Lipinski definition) is 6. The maximum absolute atomic E-state index is 6.60. The number of nitrogens with zero attached hydrogens (tertiary/aromatic N) is 3. The maximum atomic E-state index is 6.60. The van der Waals surface area contributed by atoms with Crippen molar-refractivity contribution in [2.24, 2.45) is 0 Å². The molecule has 0 saturated carbocycles. The van der Waals surface area contributed by atoms with Crippen molar-refractivity contribution in [3.05, 3.63) is 199 Å². The normalized spacial score (nSPS) is 13.1. The standard InChI is InChI=1S/C60H37N3O3/c1-60(2)45-20-6-3-13-38(45)53-37(16-9-21-46(53)60)35-29-27-34(28-30-35)36-31-32-49-44(33-36)56-43(19-12-26-52(56)66-49)59-62-57(41-17-10-24-50-54(41)39-14-4-7-22-47(39)64-50)61-58(63-59)42-18-11-25-51-55(42)40-15-5-8-23-48(40)65-51/h3-33H,1-2H3. The molecular weight excluding hydrogens is 811 g/mol. The fourth-order valence-electron chi connectivity index (χ4n) is 10.7. The van der Waals surface area contributed by atoms with Gasteiger partial charge in [-0.1, -0.05) is 159 Å². The van der Waals surface area contributed by atoms with Crippen molar-refractivity contribution in [3.8, 4) is 67.5 Å². The van der Waals surface area contributed by atoms with Gasteiger partial charge in [0.2, 0.25) is 0 Å². The first-order valence-electron chi connectivity index (χ1n) is 22.3. The van der Waals surface area contributed by atoms with Gasteiger partial charge in [-0.05, 0) is 87.0 Å². The zero-order valence-corrected chi connectivity index (χ0v) is 36.0. The summed E-state index contributed by atoms with van der Waals surface area (Å²) in [7, 11) is 0. The second-order valence-electron chi connectivity index (χ2n) is 17.8. The van der Waals surface area contributed by atoms with Gasteiger partial charge in [-0.3, -0.25) is 0 Å². The van der Waals surface area contributed by atoms with E-state index in [2.05, 4.69) is 129 Å². The summed E-state index contributed by atoms with van der Waals surface area (Å²) in [6.07, 6.45) is 0. The zero-order valence-electron chi connectivity index (χ0n) is 36.0. The predicted octanol–water partition coefficient (Wildman–Crippen LogP) is 16.2. The van der Waals surface area contributed by atoms with Gasteiger partial charge >= 0.3 is 0 Å². The zero-order chi connectivity index (χ0) is 43.7. The number of fused-ring (bicyclic) bond motifs is 12. The van der Waals surface area contributed by atoms with E-state index < -0.39 is 0 Å². The molecule has 14 rings (SSSR count). The lowest BCUT2D eigenvalue weighted by Crippen LogP contribution is -2.14. The van der Waals surface area contributed by atoms with Crippen LogP contribution < -0.4 is 0 Å². The van der Waals surface area contributed by atoms with E-state index in [0.29, 0.717) is 17.5 Å². The summed E-state index contributed by atoms with van der Waals surface area (Å²) in [6, 6.07) is 65.4. The van der Waals surface area contributed by atoms with Gasteiger partial charge in [-0.2, -0.15) is 0 Å². The Bertz CT molecular complexity index is 4020. The van der Waals surface area contributed by atoms with Crippen molar-refractivity contribution in [1.29, 1.82) is 0 Å². The molecule has 4 heterocycles. The van der Waals surface area contributed by atoms with Gasteiger partial charge in [0.15, 0.2) is 17.5 Å². The van der Waals surface area contributed by atoms with Gasteiger partial charge in [0.05, 0.1) is 0 Å². The van der Waals surface area contributed by atoms with Crippen LogP contribution in [-0.4, -0.2) is 15.0 Å². The third-order valence-corrected chi connectivity index (χ3v) is 13.8. The smallest absolute Gasteiger partial charge is 0.164 e. The number of aromatic nitrogens is 3.